The molecule has 0 fully saturated rings. The van der Waals surface area contributed by atoms with Crippen LogP contribution in [0, 0.1) is 12.8 Å². The lowest BCUT2D eigenvalue weighted by molar-refractivity contribution is 0.537. The Morgan fingerprint density at radius 1 is 1.09 bits per heavy atom. The van der Waals surface area contributed by atoms with Gasteiger partial charge in [0.2, 0.25) is 0 Å². The molecule has 0 N–H and O–H groups in total. The van der Waals surface area contributed by atoms with E-state index in [1.165, 1.54) is 10.8 Å². The summed E-state index contributed by atoms with van der Waals surface area (Å²) in [5.41, 5.74) is 4.49. The SMILES string of the molecule is [2H]C(C)(c1cc(-c2cccc(C)c2)ncc1[Si](C)(C)C)C(C)C. The summed E-state index contributed by atoms with van der Waals surface area (Å²) in [6.45, 7) is 15.4. The molecule has 1 nitrogen and oxygen atoms in total. The summed E-state index contributed by atoms with van der Waals surface area (Å²) >= 11 is 0. The first-order chi connectivity index (χ1) is 10.5. The van der Waals surface area contributed by atoms with Crippen LogP contribution in [0.25, 0.3) is 11.3 Å². The Balaban J connectivity index is 2.68. The smallest absolute Gasteiger partial charge is 0.0799 e. The Morgan fingerprint density at radius 2 is 1.77 bits per heavy atom. The normalized spacial score (nSPS) is 15.5. The molecule has 22 heavy (non-hydrogen) atoms. The maximum absolute atomic E-state index is 8.94. The summed E-state index contributed by atoms with van der Waals surface area (Å²) in [6.07, 6.45) is 2.04. The van der Waals surface area contributed by atoms with Crippen molar-refractivity contribution < 1.29 is 1.37 Å². The molecule has 1 aromatic heterocycles. The van der Waals surface area contributed by atoms with E-state index in [9.17, 15) is 0 Å². The van der Waals surface area contributed by atoms with E-state index in [2.05, 4.69) is 70.7 Å². The molecule has 0 saturated carbocycles. The summed E-state index contributed by atoms with van der Waals surface area (Å²) in [5, 5.41) is 1.31. The number of nitrogens with zero attached hydrogens (tertiary/aromatic N) is 1. The maximum Gasteiger partial charge on any atom is 0.0799 e. The van der Waals surface area contributed by atoms with Crippen molar-refractivity contribution in [3.8, 4) is 11.3 Å². The Morgan fingerprint density at radius 3 is 2.32 bits per heavy atom. The van der Waals surface area contributed by atoms with Crippen molar-refractivity contribution in [2.24, 2.45) is 5.92 Å². The molecule has 0 saturated heterocycles. The fraction of sp³-hybridized carbons (Fsp3) is 0.450. The van der Waals surface area contributed by atoms with Crippen LogP contribution in [0.2, 0.25) is 19.6 Å². The standard InChI is InChI=1S/C20H29NSi/c1-14(2)16(4)18-12-19(17-10-8-9-15(3)11-17)21-13-20(18)22(5,6)7/h8-14,16H,1-7H3/i16D. The topological polar surface area (TPSA) is 12.9 Å². The second-order valence-electron chi connectivity index (χ2n) is 7.57. The quantitative estimate of drug-likeness (QED) is 0.692. The van der Waals surface area contributed by atoms with Crippen LogP contribution >= 0.6 is 0 Å². The van der Waals surface area contributed by atoms with Crippen LogP contribution in [0.1, 0.15) is 39.2 Å². The van der Waals surface area contributed by atoms with Gasteiger partial charge in [-0.1, -0.05) is 64.2 Å². The predicted octanol–water partition coefficient (Wildman–Crippen LogP) is 5.36. The average molecular weight is 313 g/mol. The van der Waals surface area contributed by atoms with E-state index in [4.69, 9.17) is 6.35 Å². The minimum absolute atomic E-state index is 0.255. The van der Waals surface area contributed by atoms with Crippen molar-refractivity contribution in [3.05, 3.63) is 47.7 Å². The summed E-state index contributed by atoms with van der Waals surface area (Å²) in [5.74, 6) is -0.345. The van der Waals surface area contributed by atoms with Gasteiger partial charge in [0.1, 0.15) is 0 Å². The number of hydrogen-bond acceptors (Lipinski definition) is 1. The molecule has 0 aliphatic heterocycles. The van der Waals surface area contributed by atoms with Crippen molar-refractivity contribution in [2.75, 3.05) is 0 Å². The molecule has 0 aliphatic rings. The molecule has 1 atom stereocenters. The van der Waals surface area contributed by atoms with E-state index in [1.54, 1.807) is 0 Å². The highest BCUT2D eigenvalue weighted by atomic mass is 28.3. The number of aryl methyl sites for hydroxylation is 1. The number of aromatic nitrogens is 1. The van der Waals surface area contributed by atoms with Gasteiger partial charge in [-0.05, 0) is 41.6 Å². The highest BCUT2D eigenvalue weighted by Crippen LogP contribution is 2.27. The molecular weight excluding hydrogens is 282 g/mol. The first-order valence-electron chi connectivity index (χ1n) is 8.61. The first-order valence-corrected chi connectivity index (χ1v) is 11.6. The monoisotopic (exact) mass is 312 g/mol. The molecule has 0 radical (unpaired) electrons. The van der Waals surface area contributed by atoms with Crippen LogP contribution < -0.4 is 5.19 Å². The van der Waals surface area contributed by atoms with Gasteiger partial charge in [0.25, 0.3) is 0 Å². The van der Waals surface area contributed by atoms with Crippen LogP contribution in [0.15, 0.2) is 36.5 Å². The summed E-state index contributed by atoms with van der Waals surface area (Å²) in [6, 6.07) is 10.6. The van der Waals surface area contributed by atoms with Gasteiger partial charge >= 0.3 is 0 Å². The Labute approximate surface area is 138 Å². The van der Waals surface area contributed by atoms with Crippen molar-refractivity contribution in [2.45, 2.75) is 53.2 Å². The molecule has 1 unspecified atom stereocenters. The van der Waals surface area contributed by atoms with Gasteiger partial charge in [-0.15, -0.1) is 0 Å². The molecule has 1 aromatic carbocycles. The molecule has 2 heteroatoms. The fourth-order valence-corrected chi connectivity index (χ4v) is 4.18. The zero-order valence-electron chi connectivity index (χ0n) is 16.0. The van der Waals surface area contributed by atoms with Crippen LogP contribution in [0.4, 0.5) is 0 Å². The molecule has 0 aliphatic carbocycles. The summed E-state index contributed by atoms with van der Waals surface area (Å²) in [4.78, 5) is 4.74. The van der Waals surface area contributed by atoms with E-state index >= 15 is 0 Å². The van der Waals surface area contributed by atoms with E-state index in [1.807, 2.05) is 13.1 Å². The molecule has 1 heterocycles. The van der Waals surface area contributed by atoms with Gasteiger partial charge in [-0.25, -0.2) is 0 Å². The van der Waals surface area contributed by atoms with Crippen molar-refractivity contribution in [1.29, 1.82) is 0 Å². The van der Waals surface area contributed by atoms with Gasteiger partial charge in [0.05, 0.1) is 13.8 Å². The zero-order valence-corrected chi connectivity index (χ0v) is 16.0. The molecule has 0 bridgehead atoms. The lowest BCUT2D eigenvalue weighted by Gasteiger charge is -2.26. The Kier molecular flexibility index (Phi) is 4.48. The molecule has 118 valence electrons. The van der Waals surface area contributed by atoms with E-state index in [0.29, 0.717) is 0 Å². The van der Waals surface area contributed by atoms with Crippen LogP contribution in [0.5, 0.6) is 0 Å². The van der Waals surface area contributed by atoms with E-state index in [-0.39, 0.29) is 5.92 Å². The number of pyridine rings is 1. The maximum atomic E-state index is 8.94. The number of hydrogen-bond donors (Lipinski definition) is 0. The zero-order chi connectivity index (χ0) is 17.4. The Bertz CT molecular complexity index is 699. The molecule has 2 rings (SSSR count). The van der Waals surface area contributed by atoms with E-state index < -0.39 is 14.0 Å². The molecule has 2 aromatic rings. The van der Waals surface area contributed by atoms with Crippen LogP contribution in [-0.2, 0) is 0 Å². The largest absolute Gasteiger partial charge is 0.256 e. The molecule has 0 spiro atoms. The minimum atomic E-state index is -1.55. The average Bonchev–Trinajstić information content (AvgIpc) is 2.45. The lowest BCUT2D eigenvalue weighted by atomic mass is 9.90. The van der Waals surface area contributed by atoms with Gasteiger partial charge in [0, 0.05) is 13.1 Å². The highest BCUT2D eigenvalue weighted by Gasteiger charge is 2.25. The third-order valence-electron chi connectivity index (χ3n) is 4.32. The van der Waals surface area contributed by atoms with Crippen molar-refractivity contribution in [3.63, 3.8) is 0 Å². The first kappa shape index (κ1) is 15.5. The summed E-state index contributed by atoms with van der Waals surface area (Å²) < 4.78 is 8.94. The second-order valence-corrected chi connectivity index (χ2v) is 12.6. The highest BCUT2D eigenvalue weighted by molar-refractivity contribution is 6.89. The Hall–Kier alpha value is -1.41. The van der Waals surface area contributed by atoms with Crippen LogP contribution in [-0.4, -0.2) is 13.1 Å². The third-order valence-corrected chi connectivity index (χ3v) is 6.33. The number of rotatable bonds is 4. The molecular formula is C20H29NSi. The second kappa shape index (κ2) is 6.37. The summed E-state index contributed by atoms with van der Waals surface area (Å²) in [7, 11) is -1.55. The van der Waals surface area contributed by atoms with Gasteiger partial charge in [0.15, 0.2) is 0 Å². The van der Waals surface area contributed by atoms with E-state index in [0.717, 1.165) is 16.8 Å². The van der Waals surface area contributed by atoms with Crippen LogP contribution in [0.3, 0.4) is 0 Å². The van der Waals surface area contributed by atoms with Gasteiger partial charge in [-0.3, -0.25) is 4.98 Å². The van der Waals surface area contributed by atoms with Gasteiger partial charge in [-0.2, -0.15) is 0 Å². The number of benzene rings is 1. The minimum Gasteiger partial charge on any atom is -0.256 e. The molecule has 0 amide bonds. The van der Waals surface area contributed by atoms with Crippen molar-refractivity contribution in [1.82, 2.24) is 4.98 Å². The van der Waals surface area contributed by atoms with Gasteiger partial charge < -0.3 is 0 Å². The lowest BCUT2D eigenvalue weighted by Crippen LogP contribution is -2.41. The third kappa shape index (κ3) is 3.67. The van der Waals surface area contributed by atoms with Crippen molar-refractivity contribution >= 4 is 13.3 Å². The predicted molar refractivity (Wildman–Crippen MR) is 101 cm³/mol. The fourth-order valence-electron chi connectivity index (χ4n) is 2.65.